The molecule has 0 aromatic carbocycles. The van der Waals surface area contributed by atoms with Crippen molar-refractivity contribution in [2.45, 2.75) is 75.4 Å². The van der Waals surface area contributed by atoms with Gasteiger partial charge in [-0.2, -0.15) is 0 Å². The lowest BCUT2D eigenvalue weighted by molar-refractivity contribution is -0.149. The third-order valence-electron chi connectivity index (χ3n) is 5.68. The van der Waals surface area contributed by atoms with Crippen molar-refractivity contribution in [3.05, 3.63) is 23.3 Å². The molecule has 0 aromatic rings. The largest absolute Gasteiger partial charge is 0.451 e. The van der Waals surface area contributed by atoms with Crippen LogP contribution >= 0.6 is 23.2 Å². The highest BCUT2D eigenvalue weighted by Gasteiger charge is 2.41. The normalized spacial score (nSPS) is 25.9. The fourth-order valence-electron chi connectivity index (χ4n) is 4.29. The van der Waals surface area contributed by atoms with E-state index in [1.54, 1.807) is 0 Å². The van der Waals surface area contributed by atoms with E-state index in [0.717, 1.165) is 51.4 Å². The van der Waals surface area contributed by atoms with Crippen molar-refractivity contribution in [3.63, 3.8) is 0 Å². The molecule has 0 amide bonds. The maximum atomic E-state index is 11.3. The van der Waals surface area contributed by atoms with Crippen molar-refractivity contribution in [2.75, 3.05) is 11.8 Å². The minimum absolute atomic E-state index is 0.211. The van der Waals surface area contributed by atoms with Gasteiger partial charge in [0.2, 0.25) is 0 Å². The quantitative estimate of drug-likeness (QED) is 0.492. The molecule has 26 heavy (non-hydrogen) atoms. The Balaban J connectivity index is 0.000000151. The summed E-state index contributed by atoms with van der Waals surface area (Å²) in [5.74, 6) is 0.134. The molecule has 2 heterocycles. The van der Waals surface area contributed by atoms with Crippen molar-refractivity contribution in [1.29, 1.82) is 0 Å². The lowest BCUT2D eigenvalue weighted by Gasteiger charge is -2.30. The molecule has 0 N–H and O–H groups in total. The van der Waals surface area contributed by atoms with Gasteiger partial charge in [-0.15, -0.1) is 23.2 Å². The van der Waals surface area contributed by atoms with E-state index < -0.39 is 0 Å². The van der Waals surface area contributed by atoms with E-state index >= 15 is 0 Å². The van der Waals surface area contributed by atoms with Crippen LogP contribution in [-0.2, 0) is 19.1 Å². The molecule has 144 valence electrons. The van der Waals surface area contributed by atoms with E-state index in [1.807, 2.05) is 12.2 Å². The highest BCUT2D eigenvalue weighted by Crippen LogP contribution is 2.39. The average Bonchev–Trinajstić information content (AvgIpc) is 3.12. The van der Waals surface area contributed by atoms with E-state index in [1.165, 1.54) is 12.8 Å². The fourth-order valence-corrected chi connectivity index (χ4v) is 4.66. The van der Waals surface area contributed by atoms with E-state index in [4.69, 9.17) is 32.7 Å². The van der Waals surface area contributed by atoms with Crippen LogP contribution < -0.4 is 0 Å². The topological polar surface area (TPSA) is 52.6 Å². The lowest BCUT2D eigenvalue weighted by Crippen LogP contribution is -2.30. The third-order valence-corrected chi connectivity index (χ3v) is 6.25. The van der Waals surface area contributed by atoms with Crippen molar-refractivity contribution >= 4 is 35.1 Å². The first kappa shape index (κ1) is 19.8. The number of ether oxygens (including phenoxy) is 2. The minimum atomic E-state index is -0.278. The molecular weight excluding hydrogens is 375 g/mol. The van der Waals surface area contributed by atoms with Gasteiger partial charge in [-0.25, -0.2) is 9.59 Å². The van der Waals surface area contributed by atoms with Crippen LogP contribution in [0.2, 0.25) is 0 Å². The zero-order valence-electron chi connectivity index (χ0n) is 15.0. The summed E-state index contributed by atoms with van der Waals surface area (Å²) < 4.78 is 10.8. The van der Waals surface area contributed by atoms with E-state index in [0.29, 0.717) is 11.1 Å². The first-order valence-corrected chi connectivity index (χ1v) is 10.6. The van der Waals surface area contributed by atoms with Gasteiger partial charge >= 0.3 is 11.9 Å². The Morgan fingerprint density at radius 3 is 1.31 bits per heavy atom. The molecule has 0 aromatic heterocycles. The van der Waals surface area contributed by atoms with Crippen LogP contribution in [0.15, 0.2) is 23.3 Å². The summed E-state index contributed by atoms with van der Waals surface area (Å²) in [5.41, 5.74) is 0.728. The number of rotatable bonds is 2. The van der Waals surface area contributed by atoms with Gasteiger partial charge in [0, 0.05) is 0 Å². The molecule has 2 saturated carbocycles. The smallest absolute Gasteiger partial charge is 0.335 e. The molecule has 0 saturated heterocycles. The number of carbonyl (C=O) groups excluding carboxylic acids is 2. The molecule has 2 aliphatic heterocycles. The van der Waals surface area contributed by atoms with Gasteiger partial charge in [0.15, 0.2) is 0 Å². The molecule has 4 aliphatic rings. The second kappa shape index (κ2) is 8.35. The van der Waals surface area contributed by atoms with Crippen LogP contribution in [-0.4, -0.2) is 34.9 Å². The zero-order valence-corrected chi connectivity index (χ0v) is 16.5. The van der Waals surface area contributed by atoms with Gasteiger partial charge in [-0.3, -0.25) is 0 Å². The van der Waals surface area contributed by atoms with Crippen molar-refractivity contribution in [3.8, 4) is 0 Å². The first-order chi connectivity index (χ1) is 12.5. The Morgan fingerprint density at radius 1 is 0.692 bits per heavy atom. The standard InChI is InChI=1S/2C10H13ClO2/c2*11-7-8-6-10(13-9(8)12)4-2-1-3-5-10/h2*6H,1-5,7H2. The van der Waals surface area contributed by atoms with Gasteiger partial charge in [-0.05, 0) is 63.5 Å². The zero-order chi connectivity index (χ0) is 18.6. The Kier molecular flexibility index (Phi) is 6.34. The summed E-state index contributed by atoms with van der Waals surface area (Å²) in [4.78, 5) is 22.6. The molecule has 0 bridgehead atoms. The van der Waals surface area contributed by atoms with E-state index in [2.05, 4.69) is 0 Å². The van der Waals surface area contributed by atoms with Crippen LogP contribution in [0.25, 0.3) is 0 Å². The van der Waals surface area contributed by atoms with Crippen molar-refractivity contribution in [2.24, 2.45) is 0 Å². The monoisotopic (exact) mass is 400 g/mol. The van der Waals surface area contributed by atoms with Gasteiger partial charge in [0.05, 0.1) is 22.9 Å². The predicted molar refractivity (Wildman–Crippen MR) is 101 cm³/mol. The third kappa shape index (κ3) is 4.28. The number of hydrogen-bond acceptors (Lipinski definition) is 4. The summed E-state index contributed by atoms with van der Waals surface area (Å²) in [6.07, 6.45) is 14.9. The summed E-state index contributed by atoms with van der Waals surface area (Å²) in [7, 11) is 0. The highest BCUT2D eigenvalue weighted by molar-refractivity contribution is 6.23. The Hall–Kier alpha value is -1.00. The number of carbonyl (C=O) groups is 2. The van der Waals surface area contributed by atoms with E-state index in [-0.39, 0.29) is 34.9 Å². The Morgan fingerprint density at radius 2 is 1.04 bits per heavy atom. The molecule has 2 aliphatic carbocycles. The van der Waals surface area contributed by atoms with Crippen molar-refractivity contribution in [1.82, 2.24) is 0 Å². The van der Waals surface area contributed by atoms with Crippen LogP contribution in [0.4, 0.5) is 0 Å². The van der Waals surface area contributed by atoms with Crippen LogP contribution in [0.5, 0.6) is 0 Å². The molecule has 0 unspecified atom stereocenters. The lowest BCUT2D eigenvalue weighted by atomic mass is 9.85. The maximum Gasteiger partial charge on any atom is 0.335 e. The summed E-state index contributed by atoms with van der Waals surface area (Å²) in [6.45, 7) is 0. The minimum Gasteiger partial charge on any atom is -0.451 e. The molecule has 0 radical (unpaired) electrons. The Labute approximate surface area is 164 Å². The van der Waals surface area contributed by atoms with Crippen LogP contribution in [0, 0.1) is 0 Å². The summed E-state index contributed by atoms with van der Waals surface area (Å²) in [5, 5.41) is 0. The van der Waals surface area contributed by atoms with Gasteiger partial charge in [0.1, 0.15) is 11.2 Å². The number of halogens is 2. The number of esters is 2. The first-order valence-electron chi connectivity index (χ1n) is 9.54. The molecule has 2 fully saturated rings. The van der Waals surface area contributed by atoms with Gasteiger partial charge in [0.25, 0.3) is 0 Å². The SMILES string of the molecule is O=C1OC2(C=C1CCl)CCCCC2.O=C1OC2(C=C1CCl)CCCCC2. The summed E-state index contributed by atoms with van der Waals surface area (Å²) >= 11 is 11.3. The van der Waals surface area contributed by atoms with Crippen molar-refractivity contribution < 1.29 is 19.1 Å². The molecule has 4 rings (SSSR count). The summed E-state index contributed by atoms with van der Waals surface area (Å²) in [6, 6.07) is 0. The van der Waals surface area contributed by atoms with E-state index in [9.17, 15) is 9.59 Å². The second-order valence-corrected chi connectivity index (χ2v) is 8.17. The van der Waals surface area contributed by atoms with Gasteiger partial charge in [-0.1, -0.05) is 12.8 Å². The number of alkyl halides is 2. The molecule has 0 atom stereocenters. The second-order valence-electron chi connectivity index (χ2n) is 7.64. The Bertz CT molecular complexity index is 557. The maximum absolute atomic E-state index is 11.3. The molecule has 2 spiro atoms. The molecule has 6 heteroatoms. The fraction of sp³-hybridized carbons (Fsp3) is 0.700. The molecule has 4 nitrogen and oxygen atoms in total. The van der Waals surface area contributed by atoms with Crippen LogP contribution in [0.1, 0.15) is 64.2 Å². The molecular formula is C20H26Cl2O4. The highest BCUT2D eigenvalue weighted by atomic mass is 35.5. The predicted octanol–water partition coefficient (Wildman–Crippen LogP) is 4.82. The average molecular weight is 401 g/mol. The number of hydrogen-bond donors (Lipinski definition) is 0. The van der Waals surface area contributed by atoms with Crippen LogP contribution in [0.3, 0.4) is 0 Å². The van der Waals surface area contributed by atoms with Gasteiger partial charge < -0.3 is 9.47 Å².